The molecule has 0 aliphatic rings. The molecule has 0 nitrogen and oxygen atoms in total. The van der Waals surface area contributed by atoms with Crippen LogP contribution >= 0.6 is 0 Å². The zero-order valence-corrected chi connectivity index (χ0v) is 10.1. The van der Waals surface area contributed by atoms with Crippen molar-refractivity contribution in [3.8, 4) is 0 Å². The molecule has 1 aromatic carbocycles. The van der Waals surface area contributed by atoms with Gasteiger partial charge in [-0.15, -0.1) is 0 Å². The van der Waals surface area contributed by atoms with E-state index < -0.39 is 0 Å². The Morgan fingerprint density at radius 1 is 1.07 bits per heavy atom. The van der Waals surface area contributed by atoms with Crippen molar-refractivity contribution >= 4 is 0 Å². The minimum atomic E-state index is 0.761. The van der Waals surface area contributed by atoms with Crippen molar-refractivity contribution in [1.29, 1.82) is 0 Å². The van der Waals surface area contributed by atoms with Crippen molar-refractivity contribution in [2.75, 3.05) is 0 Å². The Labute approximate surface area is 94.7 Å². The molecular formula is C15H23. The molecular weight excluding hydrogens is 180 g/mol. The summed E-state index contributed by atoms with van der Waals surface area (Å²) in [5.41, 5.74) is 1.49. The average molecular weight is 203 g/mol. The Morgan fingerprint density at radius 2 is 1.80 bits per heavy atom. The van der Waals surface area contributed by atoms with Crippen LogP contribution in [0.1, 0.15) is 63.9 Å². The lowest BCUT2D eigenvalue weighted by Gasteiger charge is -2.14. The van der Waals surface area contributed by atoms with Crippen molar-refractivity contribution in [1.82, 2.24) is 0 Å². The van der Waals surface area contributed by atoms with Crippen molar-refractivity contribution in [3.63, 3.8) is 0 Å². The van der Waals surface area contributed by atoms with Gasteiger partial charge in [0.25, 0.3) is 0 Å². The number of unbranched alkanes of at least 4 members (excludes halogenated alkanes) is 3. The highest BCUT2D eigenvalue weighted by Crippen LogP contribution is 2.25. The maximum atomic E-state index is 3.09. The highest BCUT2D eigenvalue weighted by Gasteiger charge is 2.07. The molecule has 0 aliphatic carbocycles. The molecule has 1 atom stereocenters. The van der Waals surface area contributed by atoms with Crippen LogP contribution in [0.4, 0.5) is 0 Å². The van der Waals surface area contributed by atoms with Crippen LogP contribution in [0.3, 0.4) is 0 Å². The fourth-order valence-corrected chi connectivity index (χ4v) is 2.10. The number of hydrogen-bond acceptors (Lipinski definition) is 0. The molecule has 15 heavy (non-hydrogen) atoms. The summed E-state index contributed by atoms with van der Waals surface area (Å²) >= 11 is 0. The maximum Gasteiger partial charge on any atom is -0.0165 e. The van der Waals surface area contributed by atoms with Gasteiger partial charge in [0.2, 0.25) is 0 Å². The van der Waals surface area contributed by atoms with Crippen molar-refractivity contribution < 1.29 is 0 Å². The first-order valence-electron chi connectivity index (χ1n) is 6.34. The van der Waals surface area contributed by atoms with Crippen LogP contribution in [-0.4, -0.2) is 0 Å². The van der Waals surface area contributed by atoms with E-state index in [1.54, 1.807) is 0 Å². The Hall–Kier alpha value is -0.780. The minimum absolute atomic E-state index is 0.761. The monoisotopic (exact) mass is 203 g/mol. The van der Waals surface area contributed by atoms with E-state index in [0.717, 1.165) is 5.92 Å². The molecule has 1 rings (SSSR count). The van der Waals surface area contributed by atoms with Gasteiger partial charge in [0.05, 0.1) is 0 Å². The van der Waals surface area contributed by atoms with E-state index >= 15 is 0 Å². The molecule has 1 aromatic rings. The molecule has 0 spiro atoms. The minimum Gasteiger partial charge on any atom is -0.0654 e. The zero-order valence-electron chi connectivity index (χ0n) is 10.1. The largest absolute Gasteiger partial charge is 0.0654 e. The number of hydrogen-bond donors (Lipinski definition) is 0. The molecule has 0 heterocycles. The third-order valence-electron chi connectivity index (χ3n) is 3.11. The van der Waals surface area contributed by atoms with E-state index in [-0.39, 0.29) is 0 Å². The van der Waals surface area contributed by atoms with Crippen LogP contribution in [0, 0.1) is 6.07 Å². The molecule has 0 aliphatic heterocycles. The molecule has 0 fully saturated rings. The quantitative estimate of drug-likeness (QED) is 0.550. The van der Waals surface area contributed by atoms with Crippen LogP contribution in [0.5, 0.6) is 0 Å². The summed E-state index contributed by atoms with van der Waals surface area (Å²) in [4.78, 5) is 0. The van der Waals surface area contributed by atoms with E-state index in [4.69, 9.17) is 0 Å². The molecule has 0 bridgehead atoms. The molecule has 83 valence electrons. The standard InChI is InChI=1S/C15H23/c1-3-5-6-8-11-14(4-2)15-12-9-7-10-13-15/h9-10,12-14H,3-6,8,11H2,1-2H3. The maximum absolute atomic E-state index is 3.09. The molecule has 1 radical (unpaired) electrons. The van der Waals surface area contributed by atoms with E-state index in [9.17, 15) is 0 Å². The van der Waals surface area contributed by atoms with Crippen molar-refractivity contribution in [3.05, 3.63) is 35.9 Å². The van der Waals surface area contributed by atoms with Gasteiger partial charge in [0.15, 0.2) is 0 Å². The highest BCUT2D eigenvalue weighted by atomic mass is 14.1. The highest BCUT2D eigenvalue weighted by molar-refractivity contribution is 5.18. The Kier molecular flexibility index (Phi) is 6.15. The Bertz CT molecular complexity index is 237. The summed E-state index contributed by atoms with van der Waals surface area (Å²) in [5, 5.41) is 0. The van der Waals surface area contributed by atoms with Gasteiger partial charge >= 0.3 is 0 Å². The van der Waals surface area contributed by atoms with Gasteiger partial charge in [-0.05, 0) is 30.4 Å². The second kappa shape index (κ2) is 7.50. The van der Waals surface area contributed by atoms with Crippen LogP contribution < -0.4 is 0 Å². The van der Waals surface area contributed by atoms with E-state index in [2.05, 4.69) is 32.0 Å². The second-order valence-corrected chi connectivity index (χ2v) is 4.29. The Morgan fingerprint density at radius 3 is 2.40 bits per heavy atom. The van der Waals surface area contributed by atoms with Crippen LogP contribution in [0.2, 0.25) is 0 Å². The van der Waals surface area contributed by atoms with Gasteiger partial charge in [0.1, 0.15) is 0 Å². The zero-order chi connectivity index (χ0) is 10.9. The topological polar surface area (TPSA) is 0 Å². The van der Waals surface area contributed by atoms with Crippen LogP contribution in [0.25, 0.3) is 0 Å². The Balaban J connectivity index is 2.36. The first kappa shape index (κ1) is 12.3. The lowest BCUT2D eigenvalue weighted by Crippen LogP contribution is -1.97. The van der Waals surface area contributed by atoms with Crippen molar-refractivity contribution in [2.24, 2.45) is 0 Å². The predicted molar refractivity (Wildman–Crippen MR) is 67.1 cm³/mol. The lowest BCUT2D eigenvalue weighted by molar-refractivity contribution is 0.542. The van der Waals surface area contributed by atoms with Gasteiger partial charge in [-0.2, -0.15) is 0 Å². The van der Waals surface area contributed by atoms with E-state index in [0.29, 0.717) is 0 Å². The molecule has 0 saturated carbocycles. The normalized spacial score (nSPS) is 12.7. The van der Waals surface area contributed by atoms with Crippen LogP contribution in [0.15, 0.2) is 24.3 Å². The van der Waals surface area contributed by atoms with E-state index in [1.165, 1.54) is 44.1 Å². The summed E-state index contributed by atoms with van der Waals surface area (Å²) < 4.78 is 0. The molecule has 0 aromatic heterocycles. The molecule has 0 amide bonds. The summed E-state index contributed by atoms with van der Waals surface area (Å²) in [7, 11) is 0. The summed E-state index contributed by atoms with van der Waals surface area (Å²) in [5.74, 6) is 0.761. The van der Waals surface area contributed by atoms with E-state index in [1.807, 2.05) is 12.1 Å². The van der Waals surface area contributed by atoms with Gasteiger partial charge < -0.3 is 0 Å². The summed E-state index contributed by atoms with van der Waals surface area (Å²) in [6.45, 7) is 4.56. The lowest BCUT2D eigenvalue weighted by atomic mass is 9.91. The van der Waals surface area contributed by atoms with Gasteiger partial charge in [-0.25, -0.2) is 0 Å². The summed E-state index contributed by atoms with van der Waals surface area (Å²) in [6.07, 6.45) is 8.10. The molecule has 0 N–H and O–H groups in total. The first-order valence-corrected chi connectivity index (χ1v) is 6.34. The first-order chi connectivity index (χ1) is 7.38. The van der Waals surface area contributed by atoms with Crippen LogP contribution in [-0.2, 0) is 0 Å². The van der Waals surface area contributed by atoms with Gasteiger partial charge in [-0.1, -0.05) is 63.8 Å². The summed E-state index contributed by atoms with van der Waals surface area (Å²) in [6, 6.07) is 11.6. The third kappa shape index (κ3) is 4.51. The third-order valence-corrected chi connectivity index (χ3v) is 3.11. The molecule has 0 heteroatoms. The second-order valence-electron chi connectivity index (χ2n) is 4.29. The molecule has 1 unspecified atom stereocenters. The predicted octanol–water partition coefficient (Wildman–Crippen LogP) is 4.95. The smallest absolute Gasteiger partial charge is 0.0165 e. The fourth-order valence-electron chi connectivity index (χ4n) is 2.10. The number of rotatable bonds is 7. The number of benzene rings is 1. The molecule has 0 saturated heterocycles. The van der Waals surface area contributed by atoms with Gasteiger partial charge in [0, 0.05) is 0 Å². The average Bonchev–Trinajstić information content (AvgIpc) is 2.30. The van der Waals surface area contributed by atoms with Crippen molar-refractivity contribution in [2.45, 2.75) is 58.3 Å². The SMILES string of the molecule is CCCCCCC(CC)c1cc[c]cc1. The van der Waals surface area contributed by atoms with Gasteiger partial charge in [-0.3, -0.25) is 0 Å². The fraction of sp³-hybridized carbons (Fsp3) is 0.600.